The zero-order chi connectivity index (χ0) is 40.5. The van der Waals surface area contributed by atoms with Crippen molar-refractivity contribution in [1.29, 1.82) is 0 Å². The minimum Gasteiger partial charge on any atom is -0.487 e. The van der Waals surface area contributed by atoms with Crippen LogP contribution < -0.4 is 20.1 Å². The van der Waals surface area contributed by atoms with Gasteiger partial charge in [0, 0.05) is 31.6 Å². The third-order valence-corrected chi connectivity index (χ3v) is 8.51. The molecular weight excluding hydrogens is 769 g/mol. The Morgan fingerprint density at radius 3 is 2.23 bits per heavy atom. The molecule has 0 aliphatic carbocycles. The van der Waals surface area contributed by atoms with E-state index >= 15 is 0 Å². The number of rotatable bonds is 15. The third kappa shape index (κ3) is 16.3. The first-order chi connectivity index (χ1) is 24.7. The summed E-state index contributed by atoms with van der Waals surface area (Å²) in [6, 6.07) is 11.4. The van der Waals surface area contributed by atoms with E-state index < -0.39 is 36.0 Å². The van der Waals surface area contributed by atoms with Crippen molar-refractivity contribution in [2.45, 2.75) is 52.8 Å². The zero-order valence-corrected chi connectivity index (χ0v) is 32.1. The largest absolute Gasteiger partial charge is 0.487 e. The lowest BCUT2D eigenvalue weighted by atomic mass is 10.0. The number of nitro groups is 1. The number of hydrogen-bond acceptors (Lipinski definition) is 9. The van der Waals surface area contributed by atoms with Crippen LogP contribution in [0.15, 0.2) is 54.6 Å². The molecule has 3 rings (SSSR count). The molecule has 1 amide bonds. The number of ether oxygens (including phenoxy) is 3. The predicted molar refractivity (Wildman–Crippen MR) is 197 cm³/mol. The zero-order valence-electron chi connectivity index (χ0n) is 29.7. The van der Waals surface area contributed by atoms with Gasteiger partial charge in [-0.05, 0) is 69.0 Å². The summed E-state index contributed by atoms with van der Waals surface area (Å²) in [5, 5.41) is 19.0. The average Bonchev–Trinajstić information content (AvgIpc) is 3.08. The number of halogens is 5. The van der Waals surface area contributed by atoms with Crippen molar-refractivity contribution in [2.24, 2.45) is 5.73 Å². The number of aliphatic carboxylic acids is 1. The smallest absolute Gasteiger partial charge is 0.416 e. The molecule has 4 N–H and O–H groups in total. The number of alkyl halides is 4. The Hall–Kier alpha value is -3.92. The highest BCUT2D eigenvalue weighted by Crippen LogP contribution is 2.39. The Labute approximate surface area is 315 Å². The molecule has 2 unspecified atom stereocenters. The highest BCUT2D eigenvalue weighted by Gasteiger charge is 2.31. The monoisotopic (exact) mass is 811 g/mol. The number of amides is 1. The number of anilines is 1. The average molecular weight is 813 g/mol. The molecule has 0 bridgehead atoms. The van der Waals surface area contributed by atoms with Crippen LogP contribution in [0.25, 0.3) is 0 Å². The van der Waals surface area contributed by atoms with Gasteiger partial charge < -0.3 is 29.9 Å². The summed E-state index contributed by atoms with van der Waals surface area (Å²) in [4.78, 5) is 42.8. The fourth-order valence-electron chi connectivity index (χ4n) is 4.28. The van der Waals surface area contributed by atoms with Gasteiger partial charge in [0.1, 0.15) is 30.2 Å². The van der Waals surface area contributed by atoms with Crippen LogP contribution >= 0.6 is 30.6 Å². The molecule has 0 fully saturated rings. The normalized spacial score (nSPS) is 12.5. The van der Waals surface area contributed by atoms with Crippen LogP contribution in [0.5, 0.6) is 17.2 Å². The second-order valence-corrected chi connectivity index (χ2v) is 14.3. The van der Waals surface area contributed by atoms with E-state index in [0.717, 1.165) is 41.4 Å². The Morgan fingerprint density at radius 1 is 1.08 bits per heavy atom. The van der Waals surface area contributed by atoms with Gasteiger partial charge in [0.15, 0.2) is 7.37 Å². The van der Waals surface area contributed by atoms with Crippen LogP contribution in [0.4, 0.5) is 24.5 Å². The second-order valence-electron chi connectivity index (χ2n) is 11.1. The van der Waals surface area contributed by atoms with E-state index in [-0.39, 0.29) is 65.7 Å². The number of carboxylic acids is 1. The first kappa shape index (κ1) is 47.1. The third-order valence-electron chi connectivity index (χ3n) is 6.90. The Bertz CT molecular complexity index is 1730. The number of aryl methyl sites for hydroxylation is 2. The van der Waals surface area contributed by atoms with Crippen LogP contribution in [-0.2, 0) is 31.5 Å². The molecule has 0 radical (unpaired) electrons. The number of nitro benzene ring substituents is 1. The molecular formula is C34H43Cl2F3N3O10P. The highest BCUT2D eigenvalue weighted by molar-refractivity contribution is 7.57. The Morgan fingerprint density at radius 2 is 1.74 bits per heavy atom. The molecule has 0 aliphatic heterocycles. The van der Waals surface area contributed by atoms with Gasteiger partial charge in [0.05, 0.1) is 27.8 Å². The maximum Gasteiger partial charge on any atom is 0.416 e. The standard InChI is InChI=1S/C15H11ClF3NO4.C14H20ClNO2.C5H12NO4P/c1-2-23-14-8-10(4-5-12(14)20(21)22)24-13-6-3-9(7-11(13)16)15(17,18)19;1-4-12-8-6-7-11(3)14(12)16(10-18-5-2)13(17)9-15;1-11(9,10)3-2-4(6)5(7)8/h3-8H,2H2,1H3;6-8H,4-5,9-10H2,1-3H3;4H,2-3,6H2,1H3,(H,7,8)(H,9,10). The lowest BCUT2D eigenvalue weighted by molar-refractivity contribution is -0.385. The Kier molecular flexibility index (Phi) is 19.8. The molecule has 3 aromatic carbocycles. The van der Waals surface area contributed by atoms with Crippen molar-refractivity contribution < 1.29 is 56.5 Å². The molecule has 0 aromatic heterocycles. The van der Waals surface area contributed by atoms with Crippen molar-refractivity contribution in [1.82, 2.24) is 0 Å². The molecule has 0 saturated carbocycles. The minimum atomic E-state index is -4.52. The van der Waals surface area contributed by atoms with Gasteiger partial charge in [0.2, 0.25) is 11.7 Å². The van der Waals surface area contributed by atoms with Gasteiger partial charge >= 0.3 is 17.8 Å². The summed E-state index contributed by atoms with van der Waals surface area (Å²) in [6.07, 6.45) is -3.65. The van der Waals surface area contributed by atoms with Crippen LogP contribution in [0.3, 0.4) is 0 Å². The van der Waals surface area contributed by atoms with Crippen molar-refractivity contribution in [3.63, 3.8) is 0 Å². The van der Waals surface area contributed by atoms with Gasteiger partial charge in [-0.3, -0.25) is 29.2 Å². The summed E-state index contributed by atoms with van der Waals surface area (Å²) in [6.45, 7) is 9.83. The van der Waals surface area contributed by atoms with Crippen LogP contribution in [-0.4, -0.2) is 71.5 Å². The second kappa shape index (κ2) is 22.3. The van der Waals surface area contributed by atoms with Gasteiger partial charge in [-0.25, -0.2) is 0 Å². The number of nitrogens with zero attached hydrogens (tertiary/aromatic N) is 2. The molecule has 19 heteroatoms. The molecule has 53 heavy (non-hydrogen) atoms. The SMILES string of the molecule is CCOCN(C(=O)CCl)c1c(C)cccc1CC.CCOc1cc(Oc2ccc(C(F)(F)F)cc2Cl)ccc1[N+](=O)[O-].CP(=O)(O)CCC(N)C(=O)O. The molecule has 0 spiro atoms. The van der Waals surface area contributed by atoms with E-state index in [1.165, 1.54) is 24.9 Å². The number of carbonyl (C=O) groups excluding carboxylic acids is 1. The number of para-hydroxylation sites is 1. The van der Waals surface area contributed by atoms with Crippen molar-refractivity contribution in [3.05, 3.63) is 86.4 Å². The number of hydrogen-bond donors (Lipinski definition) is 3. The van der Waals surface area contributed by atoms with E-state index in [1.54, 1.807) is 11.8 Å². The van der Waals surface area contributed by atoms with E-state index in [0.29, 0.717) is 6.61 Å². The summed E-state index contributed by atoms with van der Waals surface area (Å²) < 4.78 is 64.4. The quantitative estimate of drug-likeness (QED) is 0.0440. The summed E-state index contributed by atoms with van der Waals surface area (Å²) in [5.41, 5.74) is 7.07. The van der Waals surface area contributed by atoms with Crippen molar-refractivity contribution in [2.75, 3.05) is 43.6 Å². The van der Waals surface area contributed by atoms with Crippen LogP contribution in [0.1, 0.15) is 43.9 Å². The first-order valence-electron chi connectivity index (χ1n) is 16.0. The first-order valence-corrected chi connectivity index (χ1v) is 19.2. The lowest BCUT2D eigenvalue weighted by Gasteiger charge is -2.25. The molecule has 2 atom stereocenters. The summed E-state index contributed by atoms with van der Waals surface area (Å²) >= 11 is 11.5. The number of benzene rings is 3. The molecule has 294 valence electrons. The molecule has 0 saturated heterocycles. The van der Waals surface area contributed by atoms with Gasteiger partial charge in [-0.15, -0.1) is 11.6 Å². The summed E-state index contributed by atoms with van der Waals surface area (Å²) in [7, 11) is -3.10. The predicted octanol–water partition coefficient (Wildman–Crippen LogP) is 8.27. The van der Waals surface area contributed by atoms with Gasteiger partial charge in [0.25, 0.3) is 0 Å². The van der Waals surface area contributed by atoms with Gasteiger partial charge in [-0.2, -0.15) is 13.2 Å². The molecule has 3 aromatic rings. The molecule has 13 nitrogen and oxygen atoms in total. The van der Waals surface area contributed by atoms with Crippen molar-refractivity contribution >= 4 is 53.8 Å². The molecule has 0 heterocycles. The lowest BCUT2D eigenvalue weighted by Crippen LogP contribution is -2.35. The van der Waals surface area contributed by atoms with Crippen molar-refractivity contribution in [3.8, 4) is 17.2 Å². The fourth-order valence-corrected chi connectivity index (χ4v) is 5.40. The number of carbonyl (C=O) groups is 2. The van der Waals surface area contributed by atoms with E-state index in [4.69, 9.17) is 53.1 Å². The highest BCUT2D eigenvalue weighted by atomic mass is 35.5. The minimum absolute atomic E-state index is 0.0111. The topological polar surface area (TPSA) is 192 Å². The van der Waals surface area contributed by atoms with Gasteiger partial charge in [-0.1, -0.05) is 36.7 Å². The number of carboxylic acid groups (broad SMARTS) is 1. The van der Waals surface area contributed by atoms with E-state index in [9.17, 15) is 37.4 Å². The number of nitrogens with two attached hydrogens (primary N) is 1. The van der Waals surface area contributed by atoms with E-state index in [1.807, 2.05) is 32.0 Å². The van der Waals surface area contributed by atoms with Crippen LogP contribution in [0.2, 0.25) is 5.02 Å². The summed E-state index contributed by atoms with van der Waals surface area (Å²) in [5.74, 6) is -1.19. The fraction of sp³-hybridized carbons (Fsp3) is 0.412. The Balaban J connectivity index is 0.000000428. The van der Waals surface area contributed by atoms with Crippen LogP contribution in [0, 0.1) is 17.0 Å². The maximum atomic E-state index is 12.6. The molecule has 0 aliphatic rings. The maximum absolute atomic E-state index is 12.6. The van der Waals surface area contributed by atoms with E-state index in [2.05, 4.69) is 6.92 Å².